The number of carbonyl (C=O) groups is 2. The van der Waals surface area contributed by atoms with Crippen molar-refractivity contribution in [2.45, 2.75) is 6.04 Å². The lowest BCUT2D eigenvalue weighted by Gasteiger charge is -2.39. The second kappa shape index (κ2) is 8.48. The van der Waals surface area contributed by atoms with Gasteiger partial charge in [-0.1, -0.05) is 0 Å². The number of anilines is 1. The zero-order valence-corrected chi connectivity index (χ0v) is 16.9. The molecule has 2 aromatic rings. The van der Waals surface area contributed by atoms with Crippen molar-refractivity contribution < 1.29 is 23.5 Å². The molecule has 0 unspecified atom stereocenters. The summed E-state index contributed by atoms with van der Waals surface area (Å²) in [6.07, 6.45) is 1.50. The Hall–Kier alpha value is -3.49. The molecule has 0 bridgehead atoms. The van der Waals surface area contributed by atoms with Crippen LogP contribution < -0.4 is 15.0 Å². The molecule has 0 spiro atoms. The van der Waals surface area contributed by atoms with Crippen molar-refractivity contribution in [1.82, 2.24) is 10.2 Å². The fourth-order valence-corrected chi connectivity index (χ4v) is 3.75. The third kappa shape index (κ3) is 3.83. The van der Waals surface area contributed by atoms with Gasteiger partial charge in [0, 0.05) is 31.9 Å². The van der Waals surface area contributed by atoms with E-state index in [-0.39, 0.29) is 0 Å². The number of aliphatic imine (C=N–C) groups is 1. The second-order valence-electron chi connectivity index (χ2n) is 7.08. The van der Waals surface area contributed by atoms with Crippen molar-refractivity contribution in [3.05, 3.63) is 48.4 Å². The van der Waals surface area contributed by atoms with Crippen LogP contribution in [0, 0.1) is 5.92 Å². The van der Waals surface area contributed by atoms with Gasteiger partial charge >= 0.3 is 5.97 Å². The van der Waals surface area contributed by atoms with Crippen LogP contribution in [0.3, 0.4) is 0 Å². The van der Waals surface area contributed by atoms with Gasteiger partial charge in [-0.05, 0) is 36.4 Å². The summed E-state index contributed by atoms with van der Waals surface area (Å²) in [6, 6.07) is 10.6. The number of methoxy groups -OCH3 is 2. The van der Waals surface area contributed by atoms with Crippen molar-refractivity contribution in [2.75, 3.05) is 45.3 Å². The van der Waals surface area contributed by atoms with Crippen LogP contribution in [0.15, 0.2) is 52.1 Å². The molecule has 30 heavy (non-hydrogen) atoms. The van der Waals surface area contributed by atoms with Gasteiger partial charge in [-0.2, -0.15) is 0 Å². The van der Waals surface area contributed by atoms with Gasteiger partial charge in [-0.15, -0.1) is 0 Å². The minimum atomic E-state index is -1.08. The summed E-state index contributed by atoms with van der Waals surface area (Å²) in [4.78, 5) is 33.8. The SMILES string of the molecule is COC(=O)[C@H]1C(=O)NC(N2CCN(c3ccc(OC)cc3)CC2)=N[C@@H]1c1ccco1. The van der Waals surface area contributed by atoms with E-state index in [2.05, 4.69) is 15.2 Å². The first-order chi connectivity index (χ1) is 14.6. The first-order valence-corrected chi connectivity index (χ1v) is 9.74. The number of piperazine rings is 1. The average Bonchev–Trinajstić information content (AvgIpc) is 3.33. The molecule has 2 aliphatic rings. The highest BCUT2D eigenvalue weighted by molar-refractivity contribution is 6.08. The van der Waals surface area contributed by atoms with Crippen LogP contribution in [0.2, 0.25) is 0 Å². The fraction of sp³-hybridized carbons (Fsp3) is 0.381. The molecule has 2 atom stereocenters. The Labute approximate surface area is 174 Å². The number of ether oxygens (including phenoxy) is 2. The molecule has 1 fully saturated rings. The molecule has 9 nitrogen and oxygen atoms in total. The zero-order valence-electron chi connectivity index (χ0n) is 16.9. The fourth-order valence-electron chi connectivity index (χ4n) is 3.75. The van der Waals surface area contributed by atoms with Gasteiger partial charge in [-0.3, -0.25) is 14.9 Å². The molecule has 4 rings (SSSR count). The minimum absolute atomic E-state index is 0.439. The van der Waals surface area contributed by atoms with Gasteiger partial charge in [0.25, 0.3) is 0 Å². The van der Waals surface area contributed by atoms with E-state index in [9.17, 15) is 9.59 Å². The van der Waals surface area contributed by atoms with E-state index in [0.29, 0.717) is 24.8 Å². The van der Waals surface area contributed by atoms with Crippen LogP contribution in [0.25, 0.3) is 0 Å². The second-order valence-corrected chi connectivity index (χ2v) is 7.08. The van der Waals surface area contributed by atoms with Crippen molar-refractivity contribution in [3.63, 3.8) is 0 Å². The van der Waals surface area contributed by atoms with Crippen LogP contribution in [0.4, 0.5) is 5.69 Å². The Kier molecular flexibility index (Phi) is 5.60. The number of hydrogen-bond donors (Lipinski definition) is 1. The Morgan fingerprint density at radius 3 is 2.40 bits per heavy atom. The Morgan fingerprint density at radius 2 is 1.80 bits per heavy atom. The number of esters is 1. The number of carbonyl (C=O) groups excluding carboxylic acids is 2. The third-order valence-corrected chi connectivity index (χ3v) is 5.40. The molecule has 1 aromatic heterocycles. The lowest BCUT2D eigenvalue weighted by atomic mass is 9.95. The quantitative estimate of drug-likeness (QED) is 0.599. The lowest BCUT2D eigenvalue weighted by molar-refractivity contribution is -0.151. The molecule has 0 radical (unpaired) electrons. The summed E-state index contributed by atoms with van der Waals surface area (Å²) in [7, 11) is 2.90. The maximum Gasteiger partial charge on any atom is 0.320 e. The summed E-state index contributed by atoms with van der Waals surface area (Å²) in [5.41, 5.74) is 1.12. The zero-order chi connectivity index (χ0) is 21.1. The molecule has 1 saturated heterocycles. The highest BCUT2D eigenvalue weighted by Crippen LogP contribution is 2.31. The number of amides is 1. The summed E-state index contributed by atoms with van der Waals surface area (Å²) in [5, 5.41) is 2.77. The molecule has 3 heterocycles. The monoisotopic (exact) mass is 412 g/mol. The van der Waals surface area contributed by atoms with Crippen molar-refractivity contribution >= 4 is 23.5 Å². The van der Waals surface area contributed by atoms with Crippen LogP contribution in [0.5, 0.6) is 5.75 Å². The summed E-state index contributed by atoms with van der Waals surface area (Å²) in [5.74, 6) is -0.427. The van der Waals surface area contributed by atoms with Gasteiger partial charge in [-0.25, -0.2) is 4.99 Å². The third-order valence-electron chi connectivity index (χ3n) is 5.40. The van der Waals surface area contributed by atoms with Crippen LogP contribution in [0.1, 0.15) is 11.8 Å². The van der Waals surface area contributed by atoms with Gasteiger partial charge < -0.3 is 23.7 Å². The maximum atomic E-state index is 12.7. The van der Waals surface area contributed by atoms with E-state index in [0.717, 1.165) is 24.5 Å². The van der Waals surface area contributed by atoms with Gasteiger partial charge in [0.2, 0.25) is 11.9 Å². The van der Waals surface area contributed by atoms with Crippen LogP contribution >= 0.6 is 0 Å². The van der Waals surface area contributed by atoms with E-state index in [1.807, 2.05) is 29.2 Å². The Morgan fingerprint density at radius 1 is 1.10 bits per heavy atom. The first-order valence-electron chi connectivity index (χ1n) is 9.74. The largest absolute Gasteiger partial charge is 0.497 e. The molecule has 0 aliphatic carbocycles. The van der Waals surface area contributed by atoms with Crippen molar-refractivity contribution in [3.8, 4) is 5.75 Å². The van der Waals surface area contributed by atoms with Crippen LogP contribution in [-0.4, -0.2) is 63.1 Å². The maximum absolute atomic E-state index is 12.7. The highest BCUT2D eigenvalue weighted by Gasteiger charge is 2.43. The summed E-state index contributed by atoms with van der Waals surface area (Å²) < 4.78 is 15.5. The molecule has 1 amide bonds. The van der Waals surface area contributed by atoms with Crippen molar-refractivity contribution in [1.29, 1.82) is 0 Å². The van der Waals surface area contributed by atoms with Crippen molar-refractivity contribution in [2.24, 2.45) is 10.9 Å². The molecular formula is C21H24N4O5. The Bertz CT molecular complexity index is 917. The number of nitrogens with zero attached hydrogens (tertiary/aromatic N) is 3. The van der Waals surface area contributed by atoms with Gasteiger partial charge in [0.15, 0.2) is 5.92 Å². The minimum Gasteiger partial charge on any atom is -0.497 e. The number of nitrogens with one attached hydrogen (secondary N) is 1. The van der Waals surface area contributed by atoms with E-state index >= 15 is 0 Å². The topological polar surface area (TPSA) is 96.6 Å². The van der Waals surface area contributed by atoms with E-state index in [1.165, 1.54) is 13.4 Å². The van der Waals surface area contributed by atoms with E-state index in [1.54, 1.807) is 19.2 Å². The number of benzene rings is 1. The summed E-state index contributed by atoms with van der Waals surface area (Å²) in [6.45, 7) is 2.90. The average molecular weight is 412 g/mol. The number of hydrogen-bond acceptors (Lipinski definition) is 8. The molecular weight excluding hydrogens is 388 g/mol. The first kappa shape index (κ1) is 19.8. The predicted octanol–water partition coefficient (Wildman–Crippen LogP) is 1.43. The van der Waals surface area contributed by atoms with E-state index < -0.39 is 23.8 Å². The molecule has 9 heteroatoms. The number of rotatable bonds is 4. The van der Waals surface area contributed by atoms with Gasteiger partial charge in [0.05, 0.1) is 20.5 Å². The molecule has 0 saturated carbocycles. The predicted molar refractivity (Wildman–Crippen MR) is 109 cm³/mol. The Balaban J connectivity index is 1.49. The van der Waals surface area contributed by atoms with Gasteiger partial charge in [0.1, 0.15) is 17.6 Å². The molecule has 158 valence electrons. The standard InChI is InChI=1S/C21H24N4O5/c1-28-15-7-5-14(6-8-15)24-9-11-25(12-10-24)21-22-18(16-4-3-13-30-16)17(19(26)23-21)20(27)29-2/h3-8,13,17-18H,9-12H2,1-2H3,(H,22,23,26)/t17-,18-/m1/s1. The highest BCUT2D eigenvalue weighted by atomic mass is 16.5. The normalized spacial score (nSPS) is 21.7. The molecule has 2 aliphatic heterocycles. The summed E-state index contributed by atoms with van der Waals surface area (Å²) >= 11 is 0. The lowest BCUT2D eigenvalue weighted by Crippen LogP contribution is -2.57. The molecule has 1 N–H and O–H groups in total. The number of furan rings is 1. The molecule has 1 aromatic carbocycles. The van der Waals surface area contributed by atoms with E-state index in [4.69, 9.17) is 13.9 Å². The smallest absolute Gasteiger partial charge is 0.320 e. The van der Waals surface area contributed by atoms with Crippen LogP contribution in [-0.2, 0) is 14.3 Å². The number of guanidine groups is 1.